The molecule has 1 heterocycles. The van der Waals surface area contributed by atoms with Gasteiger partial charge in [0.15, 0.2) is 0 Å². The zero-order valence-corrected chi connectivity index (χ0v) is 12.2. The molecule has 0 radical (unpaired) electrons. The van der Waals surface area contributed by atoms with Gasteiger partial charge >= 0.3 is 0 Å². The van der Waals surface area contributed by atoms with E-state index in [1.54, 1.807) is 11.3 Å². The molecule has 0 nitrogen and oxygen atoms in total. The number of allylic oxidation sites excluding steroid dienone is 1. The molecule has 0 amide bonds. The van der Waals surface area contributed by atoms with Crippen LogP contribution >= 0.6 is 11.3 Å². The maximum absolute atomic E-state index is 4.05. The van der Waals surface area contributed by atoms with Gasteiger partial charge in [0.1, 0.15) is 0 Å². The van der Waals surface area contributed by atoms with Crippen molar-refractivity contribution in [2.24, 2.45) is 0 Å². The molecule has 88 valence electrons. The van der Waals surface area contributed by atoms with E-state index >= 15 is 0 Å². The van der Waals surface area contributed by atoms with E-state index in [0.29, 0.717) is 5.54 Å². The third kappa shape index (κ3) is 2.43. The summed E-state index contributed by atoms with van der Waals surface area (Å²) < 4.78 is 0. The lowest BCUT2D eigenvalue weighted by atomic mass is 10.2. The maximum atomic E-state index is 4.05. The van der Waals surface area contributed by atoms with Crippen LogP contribution in [0.3, 0.4) is 0 Å². The lowest BCUT2D eigenvalue weighted by Crippen LogP contribution is -2.46. The zero-order chi connectivity index (χ0) is 12.3. The highest BCUT2D eigenvalue weighted by Gasteiger charge is 2.32. The van der Waals surface area contributed by atoms with Gasteiger partial charge in [0.25, 0.3) is 0 Å². The molecule has 2 rings (SSSR count). The number of hydrogen-bond acceptors (Lipinski definition) is 1. The number of benzene rings is 1. The summed E-state index contributed by atoms with van der Waals surface area (Å²) in [5.41, 5.74) is 1.92. The van der Waals surface area contributed by atoms with Crippen molar-refractivity contribution < 1.29 is 0 Å². The SMILES string of the molecule is C=C[C@@H](c1ccsc1)[Si](C)(C)c1ccccc1. The number of rotatable bonds is 4. The molecular weight excluding hydrogens is 240 g/mol. The summed E-state index contributed by atoms with van der Waals surface area (Å²) in [4.78, 5) is 0. The highest BCUT2D eigenvalue weighted by Crippen LogP contribution is 2.29. The van der Waals surface area contributed by atoms with Crippen molar-refractivity contribution in [1.29, 1.82) is 0 Å². The first-order chi connectivity index (χ1) is 8.16. The normalized spacial score (nSPS) is 13.3. The molecule has 1 aromatic carbocycles. The predicted octanol–water partition coefficient (Wildman–Crippen LogP) is 4.17. The van der Waals surface area contributed by atoms with Crippen molar-refractivity contribution in [1.82, 2.24) is 0 Å². The van der Waals surface area contributed by atoms with Crippen molar-refractivity contribution in [2.75, 3.05) is 0 Å². The molecule has 0 aliphatic carbocycles. The standard InChI is InChI=1S/C15H18SSi/c1-4-15(13-10-11-16-12-13)17(2,3)14-8-6-5-7-9-14/h4-12,15H,1H2,2-3H3/t15-/m0/s1. The Morgan fingerprint density at radius 3 is 2.41 bits per heavy atom. The van der Waals surface area contributed by atoms with Crippen molar-refractivity contribution in [3.63, 3.8) is 0 Å². The van der Waals surface area contributed by atoms with Gasteiger partial charge in [-0.05, 0) is 22.4 Å². The molecule has 0 bridgehead atoms. The van der Waals surface area contributed by atoms with E-state index in [4.69, 9.17) is 0 Å². The molecule has 0 saturated carbocycles. The Morgan fingerprint density at radius 1 is 1.18 bits per heavy atom. The van der Waals surface area contributed by atoms with Gasteiger partial charge in [-0.15, -0.1) is 6.58 Å². The number of thiophene rings is 1. The van der Waals surface area contributed by atoms with Crippen LogP contribution in [0.4, 0.5) is 0 Å². The van der Waals surface area contributed by atoms with E-state index in [1.165, 1.54) is 10.8 Å². The topological polar surface area (TPSA) is 0 Å². The largest absolute Gasteiger partial charge is 0.152 e. The van der Waals surface area contributed by atoms with E-state index in [-0.39, 0.29) is 0 Å². The molecule has 0 spiro atoms. The summed E-state index contributed by atoms with van der Waals surface area (Å²) in [5.74, 6) is 0. The first kappa shape index (κ1) is 12.3. The van der Waals surface area contributed by atoms with Gasteiger partial charge in [0.2, 0.25) is 0 Å². The molecule has 0 N–H and O–H groups in total. The molecule has 0 aliphatic rings. The van der Waals surface area contributed by atoms with Crippen LogP contribution in [0.25, 0.3) is 0 Å². The van der Waals surface area contributed by atoms with Gasteiger partial charge in [-0.3, -0.25) is 0 Å². The Morgan fingerprint density at radius 2 is 1.88 bits per heavy atom. The second kappa shape index (κ2) is 5.03. The van der Waals surface area contributed by atoms with Crippen LogP contribution in [0.15, 0.2) is 59.8 Å². The van der Waals surface area contributed by atoms with E-state index in [0.717, 1.165) is 0 Å². The lowest BCUT2D eigenvalue weighted by molar-refractivity contribution is 1.16. The Labute approximate surface area is 109 Å². The van der Waals surface area contributed by atoms with Crippen molar-refractivity contribution in [3.8, 4) is 0 Å². The molecule has 1 aromatic heterocycles. The molecule has 0 fully saturated rings. The first-order valence-corrected chi connectivity index (χ1v) is 9.88. The lowest BCUT2D eigenvalue weighted by Gasteiger charge is -2.30. The quantitative estimate of drug-likeness (QED) is 0.570. The van der Waals surface area contributed by atoms with Gasteiger partial charge in [-0.1, -0.05) is 54.7 Å². The smallest absolute Gasteiger partial charge is 0.0919 e. The summed E-state index contributed by atoms with van der Waals surface area (Å²) >= 11 is 1.77. The van der Waals surface area contributed by atoms with Crippen LogP contribution in [0.1, 0.15) is 11.1 Å². The Bertz CT molecular complexity index is 471. The Kier molecular flexibility index (Phi) is 3.65. The predicted molar refractivity (Wildman–Crippen MR) is 80.8 cm³/mol. The third-order valence-corrected chi connectivity index (χ3v) is 8.08. The van der Waals surface area contributed by atoms with Crippen LogP contribution in [0.5, 0.6) is 0 Å². The molecular formula is C15H18SSi. The molecule has 2 heteroatoms. The minimum Gasteiger partial charge on any atom is -0.152 e. The van der Waals surface area contributed by atoms with Crippen LogP contribution in [-0.2, 0) is 0 Å². The van der Waals surface area contributed by atoms with Crippen LogP contribution in [-0.4, -0.2) is 8.07 Å². The van der Waals surface area contributed by atoms with Gasteiger partial charge in [-0.25, -0.2) is 0 Å². The average molecular weight is 258 g/mol. The van der Waals surface area contributed by atoms with Gasteiger partial charge in [-0.2, -0.15) is 11.3 Å². The fourth-order valence-electron chi connectivity index (χ4n) is 2.35. The highest BCUT2D eigenvalue weighted by atomic mass is 32.1. The summed E-state index contributed by atoms with van der Waals surface area (Å²) in [5, 5.41) is 5.90. The van der Waals surface area contributed by atoms with Crippen molar-refractivity contribution >= 4 is 24.6 Å². The molecule has 0 saturated heterocycles. The minimum atomic E-state index is -1.52. The summed E-state index contributed by atoms with van der Waals surface area (Å²) in [6.45, 7) is 8.89. The fraction of sp³-hybridized carbons (Fsp3) is 0.200. The summed E-state index contributed by atoms with van der Waals surface area (Å²) in [6.07, 6.45) is 2.13. The second-order valence-corrected chi connectivity index (χ2v) is 10.3. The van der Waals surface area contributed by atoms with Crippen LogP contribution < -0.4 is 5.19 Å². The zero-order valence-electron chi connectivity index (χ0n) is 10.4. The average Bonchev–Trinajstić information content (AvgIpc) is 2.84. The molecule has 0 aliphatic heterocycles. The minimum absolute atomic E-state index is 0.496. The first-order valence-electron chi connectivity index (χ1n) is 5.86. The van der Waals surface area contributed by atoms with Crippen LogP contribution in [0.2, 0.25) is 13.1 Å². The monoisotopic (exact) mass is 258 g/mol. The van der Waals surface area contributed by atoms with Crippen LogP contribution in [0, 0.1) is 0 Å². The summed E-state index contributed by atoms with van der Waals surface area (Å²) in [7, 11) is -1.52. The molecule has 1 atom stereocenters. The molecule has 0 unspecified atom stereocenters. The summed E-state index contributed by atoms with van der Waals surface area (Å²) in [6, 6.07) is 13.1. The van der Waals surface area contributed by atoms with E-state index < -0.39 is 8.07 Å². The Hall–Kier alpha value is -1.12. The molecule has 17 heavy (non-hydrogen) atoms. The highest BCUT2D eigenvalue weighted by molar-refractivity contribution is 7.08. The van der Waals surface area contributed by atoms with Gasteiger partial charge in [0.05, 0.1) is 8.07 Å². The molecule has 2 aromatic rings. The van der Waals surface area contributed by atoms with Crippen molar-refractivity contribution in [3.05, 3.63) is 65.4 Å². The van der Waals surface area contributed by atoms with Gasteiger partial charge < -0.3 is 0 Å². The van der Waals surface area contributed by atoms with Gasteiger partial charge in [0, 0.05) is 5.54 Å². The van der Waals surface area contributed by atoms with E-state index in [1.807, 2.05) is 0 Å². The third-order valence-electron chi connectivity index (χ3n) is 3.43. The maximum Gasteiger partial charge on any atom is 0.0919 e. The Balaban J connectivity index is 2.40. The second-order valence-electron chi connectivity index (χ2n) is 4.86. The van der Waals surface area contributed by atoms with E-state index in [9.17, 15) is 0 Å². The fourth-order valence-corrected chi connectivity index (χ4v) is 6.18. The van der Waals surface area contributed by atoms with E-state index in [2.05, 4.69) is 72.9 Å². The van der Waals surface area contributed by atoms with Crippen molar-refractivity contribution in [2.45, 2.75) is 18.6 Å². The number of hydrogen-bond donors (Lipinski definition) is 0.